The maximum atomic E-state index is 14.1. The largest absolute Gasteiger partial charge is 0.494 e. The number of nitro benzene ring substituents is 1. The van der Waals surface area contributed by atoms with Gasteiger partial charge in [-0.25, -0.2) is 0 Å². The molecule has 10 heteroatoms. The van der Waals surface area contributed by atoms with Crippen LogP contribution in [0.15, 0.2) is 50.8 Å². The number of benzene rings is 5. The summed E-state index contributed by atoms with van der Waals surface area (Å²) in [6, 6.07) is 9.53. The number of rotatable bonds is 13. The van der Waals surface area contributed by atoms with E-state index in [1.165, 1.54) is 21.3 Å². The quantitative estimate of drug-likeness (QED) is 0.0547. The van der Waals surface area contributed by atoms with Crippen LogP contribution in [-0.4, -0.2) is 19.2 Å². The van der Waals surface area contributed by atoms with E-state index in [-0.39, 0.29) is 57.2 Å². The van der Waals surface area contributed by atoms with Crippen molar-refractivity contribution in [2.75, 3.05) is 0 Å². The molecule has 10 nitrogen and oxygen atoms in total. The number of pyridine rings is 2. The van der Waals surface area contributed by atoms with Gasteiger partial charge in [-0.2, -0.15) is 0 Å². The summed E-state index contributed by atoms with van der Waals surface area (Å²) in [5.74, 6) is -0.0155. The van der Waals surface area contributed by atoms with Crippen LogP contribution < -0.4 is 22.0 Å². The van der Waals surface area contributed by atoms with E-state index in [0.29, 0.717) is 55.2 Å². The molecule has 0 radical (unpaired) electrons. The molecule has 0 saturated carbocycles. The monoisotopic (exact) mass is 674 g/mol. The fourth-order valence-electron chi connectivity index (χ4n) is 8.39. The average molecular weight is 675 g/mol. The molecule has 2 unspecified atom stereocenters. The predicted molar refractivity (Wildman–Crippen MR) is 200 cm³/mol. The Morgan fingerprint density at radius 2 is 1.26 bits per heavy atom. The van der Waals surface area contributed by atoms with Crippen molar-refractivity contribution in [2.24, 2.45) is 11.8 Å². The normalized spacial score (nSPS) is 13.6. The summed E-state index contributed by atoms with van der Waals surface area (Å²) in [6.45, 7) is 8.90. The zero-order chi connectivity index (χ0) is 35.6. The topological polar surface area (TPSA) is 148 Å². The molecule has 2 aliphatic rings. The second kappa shape index (κ2) is 12.6. The van der Waals surface area contributed by atoms with Gasteiger partial charge in [-0.05, 0) is 53.6 Å². The van der Waals surface area contributed by atoms with Crippen LogP contribution in [0.1, 0.15) is 79.1 Å². The van der Waals surface area contributed by atoms with E-state index in [9.17, 15) is 35.0 Å². The van der Waals surface area contributed by atoms with E-state index in [1.54, 1.807) is 24.3 Å². The first-order valence-corrected chi connectivity index (χ1v) is 18.0. The molecule has 0 saturated heterocycles. The van der Waals surface area contributed by atoms with Gasteiger partial charge in [0.15, 0.2) is 0 Å². The molecule has 0 amide bonds. The Morgan fingerprint density at radius 1 is 0.700 bits per heavy atom. The Balaban J connectivity index is 1.60. The van der Waals surface area contributed by atoms with Crippen molar-refractivity contribution in [1.82, 2.24) is 9.13 Å². The van der Waals surface area contributed by atoms with Crippen molar-refractivity contribution in [3.8, 4) is 17.0 Å². The Hall–Kier alpha value is -5.12. The molecule has 0 fully saturated rings. The van der Waals surface area contributed by atoms with Gasteiger partial charge >= 0.3 is 0 Å². The maximum Gasteiger partial charge on any atom is 0.278 e. The number of non-ortho nitro benzene ring substituents is 1. The molecule has 0 bridgehead atoms. The Morgan fingerprint density at radius 3 is 1.86 bits per heavy atom. The van der Waals surface area contributed by atoms with E-state index < -0.39 is 16.0 Å². The summed E-state index contributed by atoms with van der Waals surface area (Å²) in [7, 11) is 0. The van der Waals surface area contributed by atoms with Gasteiger partial charge in [0.25, 0.3) is 22.4 Å². The number of unbranched alkanes of at least 4 members (excludes halogenated alkanes) is 2. The minimum Gasteiger partial charge on any atom is -0.494 e. The molecule has 2 N–H and O–H groups in total. The third kappa shape index (κ3) is 4.82. The van der Waals surface area contributed by atoms with Gasteiger partial charge in [0, 0.05) is 57.0 Å². The number of nitrogens with one attached hydrogen (secondary N) is 1. The van der Waals surface area contributed by atoms with Gasteiger partial charge in [0.1, 0.15) is 0 Å². The fraction of sp³-hybridized carbons (Fsp3) is 0.400. The lowest BCUT2D eigenvalue weighted by atomic mass is 9.83. The number of aromatic hydroxyl groups is 1. The van der Waals surface area contributed by atoms with Crippen LogP contribution in [0.3, 0.4) is 0 Å². The minimum atomic E-state index is -0.493. The van der Waals surface area contributed by atoms with Gasteiger partial charge in [0.05, 0.1) is 26.6 Å². The number of hydrogen-bond acceptors (Lipinski definition) is 7. The smallest absolute Gasteiger partial charge is 0.278 e. The summed E-state index contributed by atoms with van der Waals surface area (Å²) >= 11 is 0. The van der Waals surface area contributed by atoms with Crippen LogP contribution in [-0.2, 0) is 13.1 Å². The highest BCUT2D eigenvalue weighted by Gasteiger charge is 2.31. The van der Waals surface area contributed by atoms with Crippen LogP contribution in [0.2, 0.25) is 0 Å². The Kier molecular flexibility index (Phi) is 8.44. The average Bonchev–Trinajstić information content (AvgIpc) is 3.11. The molecular weight excluding hydrogens is 632 g/mol. The summed E-state index contributed by atoms with van der Waals surface area (Å²) in [5, 5.41) is 37.5. The molecule has 4 aromatic carbocycles. The second-order valence-corrected chi connectivity index (χ2v) is 14.0. The first kappa shape index (κ1) is 33.4. The van der Waals surface area contributed by atoms with Crippen molar-refractivity contribution in [3.63, 3.8) is 0 Å². The molecule has 1 aromatic heterocycles. The number of nitro groups is 1. The fourth-order valence-corrected chi connectivity index (χ4v) is 8.39. The van der Waals surface area contributed by atoms with Crippen LogP contribution in [0, 0.1) is 27.4 Å². The van der Waals surface area contributed by atoms with Crippen LogP contribution in [0.25, 0.3) is 65.0 Å². The first-order valence-electron chi connectivity index (χ1n) is 18.0. The highest BCUT2D eigenvalue weighted by molar-refractivity contribution is 6.39. The SMILES string of the molecule is CCCCC(CC)Cn1c(O)c2cc([N+](=O)[O-])c3c4ccc5c6c4c(c(=N)cc-6c(=O)n(CC(CC)CCCC)c5=O)c4ccc(c1=O)c2c43. The summed E-state index contributed by atoms with van der Waals surface area (Å²) in [4.78, 5) is 54.6. The Bertz CT molecular complexity index is 2640. The van der Waals surface area contributed by atoms with Crippen molar-refractivity contribution in [1.29, 1.82) is 5.41 Å². The zero-order valence-corrected chi connectivity index (χ0v) is 29.0. The van der Waals surface area contributed by atoms with Gasteiger partial charge in [-0.3, -0.25) is 33.6 Å². The van der Waals surface area contributed by atoms with Gasteiger partial charge in [-0.15, -0.1) is 0 Å². The molecule has 2 atom stereocenters. The highest BCUT2D eigenvalue weighted by atomic mass is 16.6. The van der Waals surface area contributed by atoms with Crippen LogP contribution >= 0.6 is 0 Å². The van der Waals surface area contributed by atoms with Crippen molar-refractivity contribution >= 4 is 59.5 Å². The molecular formula is C40H42N4O6. The summed E-state index contributed by atoms with van der Waals surface area (Å²) in [5.41, 5.74) is -0.886. The van der Waals surface area contributed by atoms with Crippen molar-refractivity contribution in [2.45, 2.75) is 92.2 Å². The zero-order valence-electron chi connectivity index (χ0n) is 29.0. The van der Waals surface area contributed by atoms with Gasteiger partial charge < -0.3 is 10.5 Å². The lowest BCUT2D eigenvalue weighted by molar-refractivity contribution is -0.382. The molecule has 7 rings (SSSR count). The number of aromatic nitrogens is 2. The predicted octanol–water partition coefficient (Wildman–Crippen LogP) is 8.08. The lowest BCUT2D eigenvalue weighted by Crippen LogP contribution is -2.37. The van der Waals surface area contributed by atoms with E-state index in [2.05, 4.69) is 27.7 Å². The second-order valence-electron chi connectivity index (χ2n) is 14.0. The molecule has 1 aliphatic heterocycles. The number of nitrogens with zero attached hydrogens (tertiary/aromatic N) is 3. The standard InChI is InChI=1S/C40H42N4O6/c1-5-9-11-21(7-3)19-42-37(45)25-16-14-24-34-30(44(49)50)18-28-32-26(38(46)43(40(28)48)20-22(8-4)12-10-6-2)15-13-23(36(32)34)33-29(41)17-27(39(42)47)31(25)35(24)33/h13-18,21-22,41,48H,5-12,19-20H2,1-4H3. The third-order valence-corrected chi connectivity index (χ3v) is 11.2. The Labute approximate surface area is 287 Å². The van der Waals surface area contributed by atoms with Crippen molar-refractivity contribution in [3.05, 3.63) is 82.9 Å². The summed E-state index contributed by atoms with van der Waals surface area (Å²) in [6.07, 6.45) is 7.43. The van der Waals surface area contributed by atoms with Crippen LogP contribution in [0.5, 0.6) is 5.88 Å². The van der Waals surface area contributed by atoms with E-state index >= 15 is 0 Å². The van der Waals surface area contributed by atoms with E-state index in [1.807, 2.05) is 0 Å². The minimum absolute atomic E-state index is 0.0410. The van der Waals surface area contributed by atoms with Crippen molar-refractivity contribution < 1.29 is 10.0 Å². The number of fused-ring (bicyclic) bond motifs is 2. The molecule has 50 heavy (non-hydrogen) atoms. The molecule has 5 aromatic rings. The first-order chi connectivity index (χ1) is 24.1. The van der Waals surface area contributed by atoms with E-state index in [4.69, 9.17) is 0 Å². The number of hydrogen-bond donors (Lipinski definition) is 2. The summed E-state index contributed by atoms with van der Waals surface area (Å²) < 4.78 is 2.65. The van der Waals surface area contributed by atoms with Gasteiger partial charge in [0.2, 0.25) is 5.88 Å². The van der Waals surface area contributed by atoms with Crippen LogP contribution in [0.4, 0.5) is 5.69 Å². The molecule has 2 heterocycles. The third-order valence-electron chi connectivity index (χ3n) is 11.2. The van der Waals surface area contributed by atoms with Gasteiger partial charge in [-0.1, -0.05) is 78.4 Å². The molecule has 1 aliphatic carbocycles. The maximum absolute atomic E-state index is 14.1. The lowest BCUT2D eigenvalue weighted by Gasteiger charge is -2.23. The highest BCUT2D eigenvalue weighted by Crippen LogP contribution is 2.48. The van der Waals surface area contributed by atoms with E-state index in [0.717, 1.165) is 51.4 Å². The molecule has 0 spiro atoms. The molecule has 258 valence electrons.